The molecular formula is C29H22F3N3O3. The standard InChI is InChI=1S/C29H22F3N3O3/c1-3-17-13-23-20(12-16(17)2)25(8-11-33-23)38-26-15-21(31)24(14-22(26)32)35-28(37)29(9-10-29)27(36)34-19-6-4-18(30)5-7-19/h3-8,11-15H,1,9-10H2,2H3,(H,34,36)(H,35,37). The van der Waals surface area contributed by atoms with Crippen LogP contribution in [0, 0.1) is 29.8 Å². The van der Waals surface area contributed by atoms with Crippen LogP contribution >= 0.6 is 0 Å². The lowest BCUT2D eigenvalue weighted by Crippen LogP contribution is -2.35. The van der Waals surface area contributed by atoms with Crippen molar-refractivity contribution in [1.29, 1.82) is 0 Å². The van der Waals surface area contributed by atoms with Gasteiger partial charge in [-0.3, -0.25) is 14.6 Å². The molecule has 9 heteroatoms. The van der Waals surface area contributed by atoms with Crippen molar-refractivity contribution >= 4 is 40.2 Å². The maximum atomic E-state index is 15.0. The predicted octanol–water partition coefficient (Wildman–Crippen LogP) is 6.75. The summed E-state index contributed by atoms with van der Waals surface area (Å²) in [6.07, 6.45) is 3.66. The lowest BCUT2D eigenvalue weighted by atomic mass is 10.0. The van der Waals surface area contributed by atoms with E-state index in [1.807, 2.05) is 19.1 Å². The summed E-state index contributed by atoms with van der Waals surface area (Å²) in [7, 11) is 0. The van der Waals surface area contributed by atoms with Crippen LogP contribution in [0.5, 0.6) is 11.5 Å². The van der Waals surface area contributed by atoms with E-state index in [1.165, 1.54) is 30.5 Å². The number of carbonyl (C=O) groups is 2. The first-order chi connectivity index (χ1) is 18.2. The number of nitrogens with zero attached hydrogens (tertiary/aromatic N) is 1. The summed E-state index contributed by atoms with van der Waals surface area (Å²) >= 11 is 0. The Morgan fingerprint density at radius 3 is 2.34 bits per heavy atom. The van der Waals surface area contributed by atoms with Gasteiger partial charge in [-0.1, -0.05) is 12.7 Å². The van der Waals surface area contributed by atoms with Crippen molar-refractivity contribution in [2.24, 2.45) is 5.41 Å². The summed E-state index contributed by atoms with van der Waals surface area (Å²) in [6.45, 7) is 5.66. The smallest absolute Gasteiger partial charge is 0.240 e. The zero-order valence-corrected chi connectivity index (χ0v) is 20.3. The van der Waals surface area contributed by atoms with Crippen LogP contribution in [0.3, 0.4) is 0 Å². The van der Waals surface area contributed by atoms with Crippen LogP contribution in [0.4, 0.5) is 24.5 Å². The molecule has 1 fully saturated rings. The highest BCUT2D eigenvalue weighted by atomic mass is 19.1. The van der Waals surface area contributed by atoms with Crippen LogP contribution in [0.1, 0.15) is 24.0 Å². The molecule has 3 aromatic carbocycles. The SMILES string of the molecule is C=Cc1cc2nccc(Oc3cc(F)c(NC(=O)C4(C(=O)Nc5ccc(F)cc5)CC4)cc3F)c2cc1C. The number of pyridine rings is 1. The number of benzene rings is 3. The second kappa shape index (κ2) is 9.66. The number of aromatic nitrogens is 1. The number of fused-ring (bicyclic) bond motifs is 1. The molecule has 5 rings (SSSR count). The molecule has 0 atom stereocenters. The fraction of sp³-hybridized carbons (Fsp3) is 0.138. The van der Waals surface area contributed by atoms with Crippen molar-refractivity contribution in [3.8, 4) is 11.5 Å². The number of amides is 2. The molecule has 0 radical (unpaired) electrons. The van der Waals surface area contributed by atoms with E-state index in [2.05, 4.69) is 22.2 Å². The van der Waals surface area contributed by atoms with Gasteiger partial charge < -0.3 is 15.4 Å². The third kappa shape index (κ3) is 4.70. The third-order valence-electron chi connectivity index (χ3n) is 6.52. The minimum Gasteiger partial charge on any atom is -0.453 e. The zero-order valence-electron chi connectivity index (χ0n) is 20.3. The Bertz CT molecular complexity index is 1600. The van der Waals surface area contributed by atoms with Crippen molar-refractivity contribution in [3.05, 3.63) is 96.0 Å². The summed E-state index contributed by atoms with van der Waals surface area (Å²) in [5, 5.41) is 5.49. The molecule has 192 valence electrons. The molecule has 1 saturated carbocycles. The van der Waals surface area contributed by atoms with Crippen molar-refractivity contribution in [2.45, 2.75) is 19.8 Å². The van der Waals surface area contributed by atoms with Gasteiger partial charge in [-0.15, -0.1) is 0 Å². The number of aryl methyl sites for hydroxylation is 1. The monoisotopic (exact) mass is 517 g/mol. The second-order valence-electron chi connectivity index (χ2n) is 9.10. The first-order valence-electron chi connectivity index (χ1n) is 11.8. The number of hydrogen-bond acceptors (Lipinski definition) is 4. The molecule has 0 spiro atoms. The fourth-order valence-electron chi connectivity index (χ4n) is 4.13. The summed E-state index contributed by atoms with van der Waals surface area (Å²) in [5.74, 6) is -3.80. The maximum absolute atomic E-state index is 15.0. The normalized spacial score (nSPS) is 13.6. The molecule has 0 bridgehead atoms. The van der Waals surface area contributed by atoms with Gasteiger partial charge in [0.2, 0.25) is 11.8 Å². The van der Waals surface area contributed by atoms with Gasteiger partial charge in [0.1, 0.15) is 17.0 Å². The Labute approximate surface area is 216 Å². The number of nitrogens with one attached hydrogen (secondary N) is 2. The molecule has 1 aromatic heterocycles. The summed E-state index contributed by atoms with van der Waals surface area (Å²) in [4.78, 5) is 29.9. The maximum Gasteiger partial charge on any atom is 0.240 e. The van der Waals surface area contributed by atoms with Gasteiger partial charge in [-0.05, 0) is 73.4 Å². The highest BCUT2D eigenvalue weighted by Gasteiger charge is 2.56. The minimum atomic E-state index is -1.43. The Balaban J connectivity index is 1.34. The molecule has 1 aliphatic carbocycles. The minimum absolute atomic E-state index is 0.235. The van der Waals surface area contributed by atoms with E-state index in [0.29, 0.717) is 16.6 Å². The Kier molecular flexibility index (Phi) is 6.36. The number of anilines is 2. The molecule has 0 aliphatic heterocycles. The summed E-state index contributed by atoms with van der Waals surface area (Å²) < 4.78 is 48.7. The van der Waals surface area contributed by atoms with Gasteiger partial charge in [-0.25, -0.2) is 13.2 Å². The van der Waals surface area contributed by atoms with E-state index < -0.39 is 40.4 Å². The van der Waals surface area contributed by atoms with Crippen LogP contribution in [0.15, 0.2) is 67.4 Å². The molecular weight excluding hydrogens is 495 g/mol. The molecule has 4 aromatic rings. The molecule has 1 heterocycles. The largest absolute Gasteiger partial charge is 0.453 e. The number of hydrogen-bond donors (Lipinski definition) is 2. The Morgan fingerprint density at radius 2 is 1.66 bits per heavy atom. The molecule has 2 amide bonds. The van der Waals surface area contributed by atoms with Gasteiger partial charge in [-0.2, -0.15) is 0 Å². The van der Waals surface area contributed by atoms with Crippen LogP contribution in [-0.2, 0) is 9.59 Å². The van der Waals surface area contributed by atoms with Crippen LogP contribution < -0.4 is 15.4 Å². The number of halogens is 3. The number of carbonyl (C=O) groups excluding carboxylic acids is 2. The molecule has 1 aliphatic rings. The van der Waals surface area contributed by atoms with Gasteiger partial charge >= 0.3 is 0 Å². The summed E-state index contributed by atoms with van der Waals surface area (Å²) in [6, 6.07) is 11.9. The zero-order chi connectivity index (χ0) is 27.0. The first kappa shape index (κ1) is 25.0. The average molecular weight is 518 g/mol. The van der Waals surface area contributed by atoms with E-state index in [4.69, 9.17) is 4.74 Å². The van der Waals surface area contributed by atoms with E-state index in [1.54, 1.807) is 12.1 Å². The lowest BCUT2D eigenvalue weighted by molar-refractivity contribution is -0.131. The molecule has 0 saturated heterocycles. The molecule has 0 unspecified atom stereocenters. The van der Waals surface area contributed by atoms with Gasteiger partial charge in [0.15, 0.2) is 17.4 Å². The predicted molar refractivity (Wildman–Crippen MR) is 138 cm³/mol. The average Bonchev–Trinajstić information content (AvgIpc) is 3.71. The van der Waals surface area contributed by atoms with Gasteiger partial charge in [0.25, 0.3) is 0 Å². The lowest BCUT2D eigenvalue weighted by Gasteiger charge is -2.17. The van der Waals surface area contributed by atoms with Crippen LogP contribution in [-0.4, -0.2) is 16.8 Å². The van der Waals surface area contributed by atoms with Crippen LogP contribution in [0.2, 0.25) is 0 Å². The molecule has 6 nitrogen and oxygen atoms in total. The topological polar surface area (TPSA) is 80.3 Å². The molecule has 2 N–H and O–H groups in total. The fourth-order valence-corrected chi connectivity index (χ4v) is 4.13. The van der Waals surface area contributed by atoms with Gasteiger partial charge in [0.05, 0.1) is 11.2 Å². The van der Waals surface area contributed by atoms with E-state index in [0.717, 1.165) is 23.3 Å². The Morgan fingerprint density at radius 1 is 0.947 bits per heavy atom. The Hall–Kier alpha value is -4.66. The van der Waals surface area contributed by atoms with E-state index in [-0.39, 0.29) is 24.3 Å². The summed E-state index contributed by atoms with van der Waals surface area (Å²) in [5.41, 5.74) is 0.860. The third-order valence-corrected chi connectivity index (χ3v) is 6.52. The first-order valence-corrected chi connectivity index (χ1v) is 11.8. The highest BCUT2D eigenvalue weighted by Crippen LogP contribution is 2.48. The number of ether oxygens (including phenoxy) is 1. The van der Waals surface area contributed by atoms with Gasteiger partial charge in [0, 0.05) is 29.4 Å². The van der Waals surface area contributed by atoms with E-state index in [9.17, 15) is 22.8 Å². The van der Waals surface area contributed by atoms with Crippen molar-refractivity contribution in [1.82, 2.24) is 4.98 Å². The molecule has 38 heavy (non-hydrogen) atoms. The van der Waals surface area contributed by atoms with Crippen LogP contribution in [0.25, 0.3) is 17.0 Å². The highest BCUT2D eigenvalue weighted by molar-refractivity contribution is 6.17. The van der Waals surface area contributed by atoms with Crippen molar-refractivity contribution in [3.63, 3.8) is 0 Å². The van der Waals surface area contributed by atoms with Crippen molar-refractivity contribution < 1.29 is 27.5 Å². The quantitative estimate of drug-likeness (QED) is 0.266. The van der Waals surface area contributed by atoms with E-state index >= 15 is 0 Å². The number of rotatable bonds is 7. The second-order valence-corrected chi connectivity index (χ2v) is 9.10. The van der Waals surface area contributed by atoms with Crippen molar-refractivity contribution in [2.75, 3.05) is 10.6 Å².